The van der Waals surface area contributed by atoms with Crippen molar-refractivity contribution in [2.24, 2.45) is 0 Å². The smallest absolute Gasteiger partial charge is 0.238 e. The van der Waals surface area contributed by atoms with Gasteiger partial charge in [0.05, 0.1) is 13.2 Å². The number of nitrogens with one attached hydrogen (secondary N) is 2. The minimum Gasteiger partial charge on any atom is -0.496 e. The summed E-state index contributed by atoms with van der Waals surface area (Å²) in [5.41, 5.74) is 2.55. The SMILES string of the molecule is COc1ccccc1CCC(=O)NCc1ccc(NC(=O)CC#N)cc1. The summed E-state index contributed by atoms with van der Waals surface area (Å²) in [7, 11) is 1.62. The number of para-hydroxylation sites is 1. The number of methoxy groups -OCH3 is 1. The van der Waals surface area contributed by atoms with Gasteiger partial charge in [-0.1, -0.05) is 30.3 Å². The fourth-order valence-electron chi connectivity index (χ4n) is 2.43. The van der Waals surface area contributed by atoms with Crippen LogP contribution < -0.4 is 15.4 Å². The number of amides is 2. The molecule has 0 saturated heterocycles. The first-order valence-electron chi connectivity index (χ1n) is 8.26. The second-order valence-corrected chi connectivity index (χ2v) is 5.67. The Morgan fingerprint density at radius 2 is 1.81 bits per heavy atom. The normalized spacial score (nSPS) is 9.85. The van der Waals surface area contributed by atoms with E-state index in [9.17, 15) is 9.59 Å². The minimum absolute atomic E-state index is 0.0395. The lowest BCUT2D eigenvalue weighted by Gasteiger charge is -2.09. The van der Waals surface area contributed by atoms with Crippen molar-refractivity contribution in [3.63, 3.8) is 0 Å². The van der Waals surface area contributed by atoms with Gasteiger partial charge in [-0.2, -0.15) is 5.26 Å². The Morgan fingerprint density at radius 1 is 1.08 bits per heavy atom. The van der Waals surface area contributed by atoms with Gasteiger partial charge in [0, 0.05) is 18.7 Å². The van der Waals surface area contributed by atoms with Crippen LogP contribution in [-0.4, -0.2) is 18.9 Å². The molecule has 6 nitrogen and oxygen atoms in total. The zero-order chi connectivity index (χ0) is 18.8. The molecule has 6 heteroatoms. The highest BCUT2D eigenvalue weighted by Gasteiger charge is 2.06. The molecule has 0 aliphatic rings. The van der Waals surface area contributed by atoms with Crippen molar-refractivity contribution in [3.05, 3.63) is 59.7 Å². The molecule has 2 amide bonds. The topological polar surface area (TPSA) is 91.2 Å². The van der Waals surface area contributed by atoms with Crippen molar-refractivity contribution in [3.8, 4) is 11.8 Å². The number of nitriles is 1. The summed E-state index contributed by atoms with van der Waals surface area (Å²) in [6.45, 7) is 0.414. The Labute approximate surface area is 152 Å². The van der Waals surface area contributed by atoms with E-state index in [0.29, 0.717) is 25.1 Å². The largest absolute Gasteiger partial charge is 0.496 e. The van der Waals surface area contributed by atoms with Gasteiger partial charge in [-0.15, -0.1) is 0 Å². The lowest BCUT2D eigenvalue weighted by atomic mass is 10.1. The molecule has 0 aliphatic heterocycles. The molecule has 0 radical (unpaired) electrons. The first kappa shape index (κ1) is 19.0. The summed E-state index contributed by atoms with van der Waals surface area (Å²) in [6.07, 6.45) is 0.812. The second kappa shape index (κ2) is 9.84. The molecule has 26 heavy (non-hydrogen) atoms. The van der Waals surface area contributed by atoms with Gasteiger partial charge in [0.1, 0.15) is 12.2 Å². The molecule has 0 saturated carbocycles. The van der Waals surface area contributed by atoms with E-state index in [0.717, 1.165) is 16.9 Å². The summed E-state index contributed by atoms with van der Waals surface area (Å²) in [4.78, 5) is 23.4. The third-order valence-corrected chi connectivity index (χ3v) is 3.78. The molecule has 0 bridgehead atoms. The summed E-state index contributed by atoms with van der Waals surface area (Å²) in [5, 5.41) is 14.0. The summed E-state index contributed by atoms with van der Waals surface area (Å²) in [6, 6.07) is 16.6. The van der Waals surface area contributed by atoms with Crippen LogP contribution in [0.5, 0.6) is 5.75 Å². The highest BCUT2D eigenvalue weighted by Crippen LogP contribution is 2.18. The highest BCUT2D eigenvalue weighted by atomic mass is 16.5. The van der Waals surface area contributed by atoms with E-state index in [4.69, 9.17) is 10.00 Å². The first-order valence-corrected chi connectivity index (χ1v) is 8.26. The van der Waals surface area contributed by atoms with Crippen LogP contribution in [-0.2, 0) is 22.6 Å². The molecule has 0 fully saturated rings. The van der Waals surface area contributed by atoms with Crippen molar-refractivity contribution >= 4 is 17.5 Å². The number of carbonyl (C=O) groups excluding carboxylic acids is 2. The third-order valence-electron chi connectivity index (χ3n) is 3.78. The van der Waals surface area contributed by atoms with Crippen LogP contribution in [0, 0.1) is 11.3 Å². The average Bonchev–Trinajstić information content (AvgIpc) is 2.66. The maximum Gasteiger partial charge on any atom is 0.238 e. The van der Waals surface area contributed by atoms with Gasteiger partial charge in [-0.25, -0.2) is 0 Å². The molecule has 2 rings (SSSR count). The van der Waals surface area contributed by atoms with Crippen molar-refractivity contribution in [2.75, 3.05) is 12.4 Å². The number of aryl methyl sites for hydroxylation is 1. The molecule has 2 aromatic rings. The zero-order valence-corrected chi connectivity index (χ0v) is 14.6. The second-order valence-electron chi connectivity index (χ2n) is 5.67. The van der Waals surface area contributed by atoms with Crippen LogP contribution in [0.4, 0.5) is 5.69 Å². The Kier molecular flexibility index (Phi) is 7.19. The molecule has 0 aromatic heterocycles. The summed E-state index contributed by atoms with van der Waals surface area (Å²) in [5.74, 6) is 0.404. The molecule has 0 spiro atoms. The number of nitrogens with zero attached hydrogens (tertiary/aromatic N) is 1. The van der Waals surface area contributed by atoms with Crippen LogP contribution in [0.25, 0.3) is 0 Å². The fraction of sp³-hybridized carbons (Fsp3) is 0.250. The Balaban J connectivity index is 1.78. The molecule has 0 heterocycles. The lowest BCUT2D eigenvalue weighted by Crippen LogP contribution is -2.23. The van der Waals surface area contributed by atoms with Gasteiger partial charge in [0.2, 0.25) is 11.8 Å². The number of ether oxygens (including phenoxy) is 1. The first-order chi connectivity index (χ1) is 12.6. The predicted octanol–water partition coefficient (Wildman–Crippen LogP) is 2.80. The third kappa shape index (κ3) is 5.95. The predicted molar refractivity (Wildman–Crippen MR) is 98.5 cm³/mol. The van der Waals surface area contributed by atoms with Crippen LogP contribution in [0.1, 0.15) is 24.0 Å². The average molecular weight is 351 g/mol. The molecule has 0 atom stereocenters. The molecule has 2 aromatic carbocycles. The number of anilines is 1. The van der Waals surface area contributed by atoms with Gasteiger partial charge >= 0.3 is 0 Å². The Hall–Kier alpha value is -3.33. The van der Waals surface area contributed by atoms with Crippen LogP contribution in [0.2, 0.25) is 0 Å². The maximum atomic E-state index is 12.0. The van der Waals surface area contributed by atoms with Gasteiger partial charge in [-0.05, 0) is 35.7 Å². The number of benzene rings is 2. The Morgan fingerprint density at radius 3 is 2.50 bits per heavy atom. The van der Waals surface area contributed by atoms with E-state index in [2.05, 4.69) is 10.6 Å². The van der Waals surface area contributed by atoms with E-state index < -0.39 is 0 Å². The minimum atomic E-state index is -0.343. The summed E-state index contributed by atoms with van der Waals surface area (Å²) < 4.78 is 5.28. The molecule has 2 N–H and O–H groups in total. The monoisotopic (exact) mass is 351 g/mol. The number of rotatable bonds is 8. The van der Waals surface area contributed by atoms with Crippen molar-refractivity contribution in [1.82, 2.24) is 5.32 Å². The van der Waals surface area contributed by atoms with Crippen LogP contribution in [0.15, 0.2) is 48.5 Å². The van der Waals surface area contributed by atoms with E-state index in [-0.39, 0.29) is 18.2 Å². The van der Waals surface area contributed by atoms with E-state index in [1.165, 1.54) is 0 Å². The summed E-state index contributed by atoms with van der Waals surface area (Å²) >= 11 is 0. The van der Waals surface area contributed by atoms with E-state index in [1.807, 2.05) is 36.4 Å². The maximum absolute atomic E-state index is 12.0. The van der Waals surface area contributed by atoms with Crippen molar-refractivity contribution in [2.45, 2.75) is 25.8 Å². The van der Waals surface area contributed by atoms with Gasteiger partial charge < -0.3 is 15.4 Å². The highest BCUT2D eigenvalue weighted by molar-refractivity contribution is 5.92. The van der Waals surface area contributed by atoms with Crippen LogP contribution >= 0.6 is 0 Å². The van der Waals surface area contributed by atoms with Gasteiger partial charge in [-0.3, -0.25) is 9.59 Å². The quantitative estimate of drug-likeness (QED) is 0.765. The standard InChI is InChI=1S/C20H21N3O3/c1-26-18-5-3-2-4-16(18)8-11-19(24)22-14-15-6-9-17(10-7-15)23-20(25)12-13-21/h2-7,9-10H,8,11-12,14H2,1H3,(H,22,24)(H,23,25). The number of carbonyl (C=O) groups is 2. The molecule has 0 aliphatic carbocycles. The van der Waals surface area contributed by atoms with Crippen molar-refractivity contribution in [1.29, 1.82) is 5.26 Å². The number of hydrogen-bond acceptors (Lipinski definition) is 4. The van der Waals surface area contributed by atoms with E-state index >= 15 is 0 Å². The van der Waals surface area contributed by atoms with Crippen molar-refractivity contribution < 1.29 is 14.3 Å². The zero-order valence-electron chi connectivity index (χ0n) is 14.6. The molecule has 0 unspecified atom stereocenters. The molecular weight excluding hydrogens is 330 g/mol. The lowest BCUT2D eigenvalue weighted by molar-refractivity contribution is -0.121. The van der Waals surface area contributed by atoms with Gasteiger partial charge in [0.25, 0.3) is 0 Å². The molecule has 134 valence electrons. The Bertz CT molecular complexity index is 795. The fourth-order valence-corrected chi connectivity index (χ4v) is 2.43. The van der Waals surface area contributed by atoms with E-state index in [1.54, 1.807) is 25.3 Å². The van der Waals surface area contributed by atoms with Gasteiger partial charge in [0.15, 0.2) is 0 Å². The number of hydrogen-bond donors (Lipinski definition) is 2. The molecular formula is C20H21N3O3. The van der Waals surface area contributed by atoms with Crippen LogP contribution in [0.3, 0.4) is 0 Å².